The third-order valence-corrected chi connectivity index (χ3v) is 1.41. The van der Waals surface area contributed by atoms with E-state index in [4.69, 9.17) is 0 Å². The van der Waals surface area contributed by atoms with Gasteiger partial charge in [0.2, 0.25) is 5.95 Å². The van der Waals surface area contributed by atoms with Crippen LogP contribution in [0.2, 0.25) is 0 Å². The van der Waals surface area contributed by atoms with Crippen molar-refractivity contribution in [3.8, 4) is 0 Å². The summed E-state index contributed by atoms with van der Waals surface area (Å²) in [6.07, 6.45) is 0. The molecule has 1 aromatic rings. The number of aromatic amines is 1. The zero-order valence-corrected chi connectivity index (χ0v) is 6.59. The van der Waals surface area contributed by atoms with Gasteiger partial charge in [0.1, 0.15) is 4.60 Å². The summed E-state index contributed by atoms with van der Waals surface area (Å²) in [5, 5.41) is 5.60. The van der Waals surface area contributed by atoms with Gasteiger partial charge in [0.15, 0.2) is 0 Å². The van der Waals surface area contributed by atoms with E-state index in [2.05, 4.69) is 38.3 Å². The fourth-order valence-corrected chi connectivity index (χ4v) is 0.997. The molecular weight excluding hydrogens is 207 g/mol. The number of nitrogens with zero attached hydrogens (tertiary/aromatic N) is 1. The molecule has 9 heavy (non-hydrogen) atoms. The molecule has 0 saturated carbocycles. The summed E-state index contributed by atoms with van der Waals surface area (Å²) in [4.78, 5) is 0. The minimum Gasteiger partial charge on any atom is -0.269 e. The van der Waals surface area contributed by atoms with Gasteiger partial charge >= 0.3 is 0 Å². The summed E-state index contributed by atoms with van der Waals surface area (Å²) in [7, 11) is 0. The molecule has 0 saturated heterocycles. The van der Waals surface area contributed by atoms with Crippen LogP contribution < -0.4 is 0 Å². The van der Waals surface area contributed by atoms with Gasteiger partial charge in [-0.05, 0) is 22.0 Å². The zero-order chi connectivity index (χ0) is 6.85. The van der Waals surface area contributed by atoms with Crippen LogP contribution in [-0.4, -0.2) is 10.2 Å². The monoisotopic (exact) mass is 208 g/mol. The van der Waals surface area contributed by atoms with Crippen molar-refractivity contribution in [3.63, 3.8) is 0 Å². The van der Waals surface area contributed by atoms with Gasteiger partial charge in [-0.25, -0.2) is 0 Å². The summed E-state index contributed by atoms with van der Waals surface area (Å²) in [5.74, 6) is -0.645. The SMILES string of the molecule is Fc1n[nH]c(Br)cc1=S. The Kier molecular flexibility index (Phi) is 1.92. The Bertz CT molecular complexity index is 272. The Morgan fingerprint density at radius 1 is 1.78 bits per heavy atom. The molecule has 0 aromatic carbocycles. The molecule has 1 N–H and O–H groups in total. The van der Waals surface area contributed by atoms with Crippen molar-refractivity contribution < 1.29 is 4.39 Å². The van der Waals surface area contributed by atoms with Crippen molar-refractivity contribution in [1.29, 1.82) is 0 Å². The number of rotatable bonds is 0. The van der Waals surface area contributed by atoms with Crippen molar-refractivity contribution in [2.45, 2.75) is 0 Å². The zero-order valence-electron chi connectivity index (χ0n) is 4.19. The number of aromatic nitrogens is 2. The normalized spacial score (nSPS) is 9.56. The second-order valence-corrected chi connectivity index (χ2v) is 2.67. The molecule has 1 aromatic heterocycles. The number of halogens is 2. The predicted octanol–water partition coefficient (Wildman–Crippen LogP) is 2.04. The van der Waals surface area contributed by atoms with E-state index in [-0.39, 0.29) is 4.51 Å². The van der Waals surface area contributed by atoms with Crippen LogP contribution in [0.4, 0.5) is 4.39 Å². The maximum atomic E-state index is 12.2. The molecule has 0 radical (unpaired) electrons. The average Bonchev–Trinajstić information content (AvgIpc) is 1.80. The van der Waals surface area contributed by atoms with Crippen molar-refractivity contribution in [3.05, 3.63) is 21.1 Å². The van der Waals surface area contributed by atoms with Gasteiger partial charge in [-0.3, -0.25) is 5.10 Å². The first-order valence-corrected chi connectivity index (χ1v) is 3.31. The summed E-state index contributed by atoms with van der Waals surface area (Å²) in [6, 6.07) is 1.44. The van der Waals surface area contributed by atoms with Gasteiger partial charge in [0.05, 0.1) is 4.51 Å². The molecule has 0 aliphatic rings. The highest BCUT2D eigenvalue weighted by Crippen LogP contribution is 2.04. The molecule has 1 heterocycles. The first-order valence-electron chi connectivity index (χ1n) is 2.11. The van der Waals surface area contributed by atoms with Gasteiger partial charge in [-0.15, -0.1) is 5.10 Å². The van der Waals surface area contributed by atoms with Crippen LogP contribution in [0.1, 0.15) is 0 Å². The highest BCUT2D eigenvalue weighted by atomic mass is 79.9. The quantitative estimate of drug-likeness (QED) is 0.662. The largest absolute Gasteiger partial charge is 0.269 e. The molecule has 0 amide bonds. The highest BCUT2D eigenvalue weighted by molar-refractivity contribution is 9.10. The molecule has 0 aliphatic carbocycles. The van der Waals surface area contributed by atoms with Crippen LogP contribution in [0, 0.1) is 10.5 Å². The standard InChI is InChI=1S/C4H2BrFN2S/c5-3-1-2(9)4(6)8-7-3/h1H,(H,7,9). The lowest BCUT2D eigenvalue weighted by Gasteiger charge is -1.87. The summed E-state index contributed by atoms with van der Waals surface area (Å²) in [5.41, 5.74) is 0. The van der Waals surface area contributed by atoms with E-state index in [0.717, 1.165) is 0 Å². The summed E-state index contributed by atoms with van der Waals surface area (Å²) >= 11 is 7.60. The Morgan fingerprint density at radius 3 is 2.89 bits per heavy atom. The van der Waals surface area contributed by atoms with Gasteiger partial charge in [-0.1, -0.05) is 12.2 Å². The van der Waals surface area contributed by atoms with E-state index in [1.54, 1.807) is 0 Å². The maximum absolute atomic E-state index is 12.2. The minimum absolute atomic E-state index is 0.112. The third-order valence-electron chi connectivity index (χ3n) is 0.722. The lowest BCUT2D eigenvalue weighted by atomic mass is 10.6. The van der Waals surface area contributed by atoms with E-state index < -0.39 is 5.95 Å². The second kappa shape index (κ2) is 2.53. The van der Waals surface area contributed by atoms with Crippen molar-refractivity contribution >= 4 is 28.1 Å². The predicted molar refractivity (Wildman–Crippen MR) is 37.1 cm³/mol. The average molecular weight is 209 g/mol. The van der Waals surface area contributed by atoms with Crippen molar-refractivity contribution in [2.24, 2.45) is 0 Å². The molecule has 0 aliphatic heterocycles. The Labute approximate surface area is 64.2 Å². The molecular formula is C4H2BrFN2S. The minimum atomic E-state index is -0.645. The van der Waals surface area contributed by atoms with Crippen molar-refractivity contribution in [1.82, 2.24) is 10.2 Å². The lowest BCUT2D eigenvalue weighted by molar-refractivity contribution is 0.557. The number of hydrogen-bond donors (Lipinski definition) is 1. The van der Waals surface area contributed by atoms with Crippen LogP contribution in [0.25, 0.3) is 0 Å². The Morgan fingerprint density at radius 2 is 2.44 bits per heavy atom. The molecule has 0 unspecified atom stereocenters. The summed E-state index contributed by atoms with van der Waals surface area (Å²) < 4.78 is 12.9. The van der Waals surface area contributed by atoms with Crippen LogP contribution in [0.3, 0.4) is 0 Å². The van der Waals surface area contributed by atoms with E-state index in [1.165, 1.54) is 6.07 Å². The fourth-order valence-electron chi connectivity index (χ4n) is 0.365. The first kappa shape index (κ1) is 6.82. The van der Waals surface area contributed by atoms with Crippen LogP contribution >= 0.6 is 28.1 Å². The summed E-state index contributed by atoms with van der Waals surface area (Å²) in [6.45, 7) is 0. The molecule has 48 valence electrons. The van der Waals surface area contributed by atoms with E-state index in [0.29, 0.717) is 4.60 Å². The highest BCUT2D eigenvalue weighted by Gasteiger charge is 1.92. The molecule has 0 atom stereocenters. The third kappa shape index (κ3) is 1.56. The van der Waals surface area contributed by atoms with Crippen LogP contribution in [0.5, 0.6) is 0 Å². The molecule has 0 bridgehead atoms. The number of nitrogens with one attached hydrogen (secondary N) is 1. The molecule has 1 rings (SSSR count). The number of hydrogen-bond acceptors (Lipinski definition) is 2. The Hall–Kier alpha value is -0.290. The van der Waals surface area contributed by atoms with Gasteiger partial charge in [0, 0.05) is 0 Å². The van der Waals surface area contributed by atoms with E-state index >= 15 is 0 Å². The van der Waals surface area contributed by atoms with Gasteiger partial charge in [-0.2, -0.15) is 4.39 Å². The molecule has 2 nitrogen and oxygen atoms in total. The fraction of sp³-hybridized carbons (Fsp3) is 0. The lowest BCUT2D eigenvalue weighted by Crippen LogP contribution is -1.87. The first-order chi connectivity index (χ1) is 4.20. The smallest absolute Gasteiger partial charge is 0.248 e. The maximum Gasteiger partial charge on any atom is 0.248 e. The van der Waals surface area contributed by atoms with E-state index in [1.807, 2.05) is 0 Å². The molecule has 5 heteroatoms. The topological polar surface area (TPSA) is 28.7 Å². The van der Waals surface area contributed by atoms with Crippen molar-refractivity contribution in [2.75, 3.05) is 0 Å². The molecule has 0 spiro atoms. The number of H-pyrrole nitrogens is 1. The molecule has 0 fully saturated rings. The van der Waals surface area contributed by atoms with E-state index in [9.17, 15) is 4.39 Å². The van der Waals surface area contributed by atoms with Gasteiger partial charge < -0.3 is 0 Å². The van der Waals surface area contributed by atoms with Gasteiger partial charge in [0.25, 0.3) is 0 Å². The van der Waals surface area contributed by atoms with Crippen LogP contribution in [0.15, 0.2) is 10.7 Å². The second-order valence-electron chi connectivity index (χ2n) is 1.37. The van der Waals surface area contributed by atoms with Crippen LogP contribution in [-0.2, 0) is 0 Å². The Balaban J connectivity index is 3.34.